The van der Waals surface area contributed by atoms with Crippen molar-refractivity contribution in [3.8, 4) is 0 Å². The van der Waals surface area contributed by atoms with E-state index >= 15 is 0 Å². The maximum Gasteiger partial charge on any atom is 0.0589 e. The van der Waals surface area contributed by atoms with E-state index in [1.165, 1.54) is 0 Å². The van der Waals surface area contributed by atoms with E-state index in [2.05, 4.69) is 10.2 Å². The molecule has 0 rings (SSSR count). The van der Waals surface area contributed by atoms with Gasteiger partial charge in [0.2, 0.25) is 0 Å². The fourth-order valence-corrected chi connectivity index (χ4v) is 1.31. The minimum absolute atomic E-state index is 0.760. The average molecular weight is 234 g/mol. The van der Waals surface area contributed by atoms with Gasteiger partial charge < -0.3 is 19.5 Å². The number of methoxy groups -OCH3 is 3. The molecular weight excluding hydrogens is 208 g/mol. The van der Waals surface area contributed by atoms with Gasteiger partial charge in [-0.2, -0.15) is 0 Å². The van der Waals surface area contributed by atoms with Gasteiger partial charge in [0.05, 0.1) is 19.8 Å². The zero-order valence-electron chi connectivity index (χ0n) is 10.8. The van der Waals surface area contributed by atoms with E-state index in [1.54, 1.807) is 21.3 Å². The second kappa shape index (κ2) is 12.9. The van der Waals surface area contributed by atoms with Gasteiger partial charge in [-0.25, -0.2) is 0 Å². The normalized spacial score (nSPS) is 11.2. The Bertz CT molecular complexity index is 128. The van der Waals surface area contributed by atoms with E-state index in [0.29, 0.717) is 0 Å². The highest BCUT2D eigenvalue weighted by Crippen LogP contribution is 1.88. The quantitative estimate of drug-likeness (QED) is 0.474. The first-order valence-electron chi connectivity index (χ1n) is 5.75. The smallest absolute Gasteiger partial charge is 0.0589 e. The lowest BCUT2D eigenvalue weighted by Crippen LogP contribution is -2.37. The van der Waals surface area contributed by atoms with Crippen LogP contribution in [0.25, 0.3) is 0 Å². The van der Waals surface area contributed by atoms with Crippen LogP contribution in [0.5, 0.6) is 0 Å². The lowest BCUT2D eigenvalue weighted by atomic mass is 10.4. The number of rotatable bonds is 12. The molecule has 0 atom stereocenters. The predicted octanol–water partition coefficient (Wildman–Crippen LogP) is -0.183. The number of ether oxygens (including phenoxy) is 3. The third-order valence-corrected chi connectivity index (χ3v) is 2.31. The molecule has 0 bridgehead atoms. The topological polar surface area (TPSA) is 43.0 Å². The monoisotopic (exact) mass is 234 g/mol. The molecule has 0 saturated carbocycles. The predicted molar refractivity (Wildman–Crippen MR) is 64.9 cm³/mol. The van der Waals surface area contributed by atoms with Gasteiger partial charge in [-0.1, -0.05) is 0 Å². The highest BCUT2D eigenvalue weighted by molar-refractivity contribution is 4.59. The first kappa shape index (κ1) is 15.8. The van der Waals surface area contributed by atoms with Gasteiger partial charge in [-0.15, -0.1) is 0 Å². The van der Waals surface area contributed by atoms with Crippen LogP contribution >= 0.6 is 0 Å². The largest absolute Gasteiger partial charge is 0.383 e. The van der Waals surface area contributed by atoms with Crippen molar-refractivity contribution in [2.45, 2.75) is 0 Å². The zero-order valence-corrected chi connectivity index (χ0v) is 10.8. The van der Waals surface area contributed by atoms with Gasteiger partial charge in [0.15, 0.2) is 0 Å². The van der Waals surface area contributed by atoms with Crippen molar-refractivity contribution in [3.63, 3.8) is 0 Å². The number of hydrogen-bond acceptors (Lipinski definition) is 5. The molecule has 0 amide bonds. The van der Waals surface area contributed by atoms with Gasteiger partial charge in [-0.3, -0.25) is 4.90 Å². The highest BCUT2D eigenvalue weighted by Gasteiger charge is 2.03. The lowest BCUT2D eigenvalue weighted by Gasteiger charge is -2.21. The number of nitrogens with one attached hydrogen (secondary N) is 1. The van der Waals surface area contributed by atoms with Crippen molar-refractivity contribution in [1.82, 2.24) is 10.2 Å². The van der Waals surface area contributed by atoms with Crippen LogP contribution in [0.3, 0.4) is 0 Å². The summed E-state index contributed by atoms with van der Waals surface area (Å²) in [5.41, 5.74) is 0. The van der Waals surface area contributed by atoms with E-state index in [0.717, 1.165) is 52.5 Å². The molecule has 0 radical (unpaired) electrons. The fourth-order valence-electron chi connectivity index (χ4n) is 1.31. The number of hydrogen-bond donors (Lipinski definition) is 1. The SMILES string of the molecule is COCCNCCN(CCOC)CCOC. The van der Waals surface area contributed by atoms with E-state index in [4.69, 9.17) is 14.2 Å². The highest BCUT2D eigenvalue weighted by atomic mass is 16.5. The summed E-state index contributed by atoms with van der Waals surface area (Å²) >= 11 is 0. The molecule has 1 N–H and O–H groups in total. The minimum atomic E-state index is 0.760. The Hall–Kier alpha value is -0.200. The zero-order chi connectivity index (χ0) is 12.1. The van der Waals surface area contributed by atoms with Gasteiger partial charge >= 0.3 is 0 Å². The van der Waals surface area contributed by atoms with Crippen molar-refractivity contribution in [1.29, 1.82) is 0 Å². The van der Waals surface area contributed by atoms with Crippen LogP contribution in [0, 0.1) is 0 Å². The third kappa shape index (κ3) is 10.3. The molecule has 0 spiro atoms. The van der Waals surface area contributed by atoms with E-state index < -0.39 is 0 Å². The molecule has 5 heteroatoms. The van der Waals surface area contributed by atoms with Gasteiger partial charge in [0.25, 0.3) is 0 Å². The van der Waals surface area contributed by atoms with Crippen molar-refractivity contribution in [3.05, 3.63) is 0 Å². The molecule has 16 heavy (non-hydrogen) atoms. The molecule has 98 valence electrons. The lowest BCUT2D eigenvalue weighted by molar-refractivity contribution is 0.114. The van der Waals surface area contributed by atoms with Crippen molar-refractivity contribution in [2.24, 2.45) is 0 Å². The summed E-state index contributed by atoms with van der Waals surface area (Å²) in [6, 6.07) is 0. The fraction of sp³-hybridized carbons (Fsp3) is 1.00. The van der Waals surface area contributed by atoms with E-state index in [9.17, 15) is 0 Å². The second-order valence-electron chi connectivity index (χ2n) is 3.57. The molecular formula is C11H26N2O3. The molecule has 0 aromatic heterocycles. The first-order chi connectivity index (χ1) is 7.85. The third-order valence-electron chi connectivity index (χ3n) is 2.31. The van der Waals surface area contributed by atoms with Crippen LogP contribution in [0.1, 0.15) is 0 Å². The molecule has 0 aliphatic rings. The molecule has 0 saturated heterocycles. The second-order valence-corrected chi connectivity index (χ2v) is 3.57. The van der Waals surface area contributed by atoms with Crippen molar-refractivity contribution >= 4 is 0 Å². The van der Waals surface area contributed by atoms with Crippen molar-refractivity contribution in [2.75, 3.05) is 73.9 Å². The Kier molecular flexibility index (Phi) is 12.7. The van der Waals surface area contributed by atoms with Crippen LogP contribution in [-0.2, 0) is 14.2 Å². The van der Waals surface area contributed by atoms with E-state index in [-0.39, 0.29) is 0 Å². The first-order valence-corrected chi connectivity index (χ1v) is 5.75. The van der Waals surface area contributed by atoms with Crippen molar-refractivity contribution < 1.29 is 14.2 Å². The molecule has 5 nitrogen and oxygen atoms in total. The summed E-state index contributed by atoms with van der Waals surface area (Å²) in [6.07, 6.45) is 0. The van der Waals surface area contributed by atoms with Gasteiger partial charge in [-0.05, 0) is 0 Å². The molecule has 0 fully saturated rings. The van der Waals surface area contributed by atoms with Crippen LogP contribution in [0.4, 0.5) is 0 Å². The number of nitrogens with zero attached hydrogens (tertiary/aromatic N) is 1. The molecule has 0 aromatic carbocycles. The summed E-state index contributed by atoms with van der Waals surface area (Å²) in [5.74, 6) is 0. The minimum Gasteiger partial charge on any atom is -0.383 e. The summed E-state index contributed by atoms with van der Waals surface area (Å²) in [6.45, 7) is 7.07. The Morgan fingerprint density at radius 2 is 1.31 bits per heavy atom. The summed E-state index contributed by atoms with van der Waals surface area (Å²) in [4.78, 5) is 2.33. The Morgan fingerprint density at radius 1 is 0.750 bits per heavy atom. The van der Waals surface area contributed by atoms with Crippen LogP contribution in [0.15, 0.2) is 0 Å². The molecule has 0 aliphatic heterocycles. The molecule has 0 heterocycles. The Labute approximate surface area is 99.0 Å². The maximum absolute atomic E-state index is 5.07. The van der Waals surface area contributed by atoms with Crippen LogP contribution < -0.4 is 5.32 Å². The standard InChI is InChI=1S/C11H26N2O3/c1-14-9-5-12-4-6-13(7-10-15-2)8-11-16-3/h12H,4-11H2,1-3H3. The molecule has 0 unspecified atom stereocenters. The molecule has 0 aliphatic carbocycles. The maximum atomic E-state index is 5.07. The van der Waals surface area contributed by atoms with Crippen LogP contribution in [0.2, 0.25) is 0 Å². The van der Waals surface area contributed by atoms with E-state index in [1.807, 2.05) is 0 Å². The van der Waals surface area contributed by atoms with Crippen LogP contribution in [-0.4, -0.2) is 78.8 Å². The molecule has 0 aromatic rings. The Morgan fingerprint density at radius 3 is 1.81 bits per heavy atom. The summed E-state index contributed by atoms with van der Waals surface area (Å²) in [7, 11) is 5.17. The average Bonchev–Trinajstić information content (AvgIpc) is 2.31. The summed E-state index contributed by atoms with van der Waals surface area (Å²) in [5, 5.41) is 3.32. The van der Waals surface area contributed by atoms with Gasteiger partial charge in [0.1, 0.15) is 0 Å². The van der Waals surface area contributed by atoms with Gasteiger partial charge in [0, 0.05) is 54.1 Å². The summed E-state index contributed by atoms with van der Waals surface area (Å²) < 4.78 is 15.1. The Balaban J connectivity index is 3.48.